The molecule has 1 aromatic rings. The Morgan fingerprint density at radius 2 is 2.22 bits per heavy atom. The molecule has 0 fully saturated rings. The molecule has 1 radical (unpaired) electrons. The molecule has 0 aliphatic heterocycles. The fourth-order valence-electron chi connectivity index (χ4n) is 0.356. The Kier molecular flexibility index (Phi) is 1.75. The molecule has 0 aliphatic carbocycles. The smallest absolute Gasteiger partial charge is 0.192 e. The van der Waals surface area contributed by atoms with Crippen LogP contribution in [-0.4, -0.2) is 4.98 Å². The molecular weight excluding hydrogens is 192 g/mol. The summed E-state index contributed by atoms with van der Waals surface area (Å²) in [5.74, 6) is -2.02. The first-order valence-corrected chi connectivity index (χ1v) is 2.88. The highest BCUT2D eigenvalue weighted by Crippen LogP contribution is 2.12. The summed E-state index contributed by atoms with van der Waals surface area (Å²) in [6, 6.07) is 1.96. The molecule has 0 N–H and O–H groups in total. The SMILES string of the molecule is Fc1[c]cnc(Br)c1F. The zero-order valence-corrected chi connectivity index (χ0v) is 5.74. The van der Waals surface area contributed by atoms with Crippen molar-refractivity contribution in [2.75, 3.05) is 0 Å². The van der Waals surface area contributed by atoms with Crippen molar-refractivity contribution in [1.82, 2.24) is 4.98 Å². The molecule has 0 saturated carbocycles. The van der Waals surface area contributed by atoms with Crippen LogP contribution in [0.4, 0.5) is 8.78 Å². The molecule has 0 unspecified atom stereocenters. The third-order valence-corrected chi connectivity index (χ3v) is 1.30. The fourth-order valence-corrected chi connectivity index (χ4v) is 0.633. The lowest BCUT2D eigenvalue weighted by Gasteiger charge is -1.90. The summed E-state index contributed by atoms with van der Waals surface area (Å²) in [5, 5.41) is 0. The second-order valence-corrected chi connectivity index (χ2v) is 2.07. The van der Waals surface area contributed by atoms with E-state index in [0.717, 1.165) is 6.20 Å². The standard InChI is InChI=1S/C5HBrF2N/c6-5-4(8)3(7)1-2-9-5/h2H. The molecule has 0 bridgehead atoms. The van der Waals surface area contributed by atoms with E-state index >= 15 is 0 Å². The van der Waals surface area contributed by atoms with Gasteiger partial charge in [-0.05, 0) is 15.9 Å². The molecule has 1 nitrogen and oxygen atoms in total. The van der Waals surface area contributed by atoms with Crippen LogP contribution in [0.25, 0.3) is 0 Å². The average Bonchev–Trinajstić information content (AvgIpc) is 1.83. The van der Waals surface area contributed by atoms with Crippen molar-refractivity contribution >= 4 is 15.9 Å². The monoisotopic (exact) mass is 192 g/mol. The van der Waals surface area contributed by atoms with Crippen molar-refractivity contribution in [1.29, 1.82) is 0 Å². The summed E-state index contributed by atoms with van der Waals surface area (Å²) < 4.78 is 24.2. The lowest BCUT2D eigenvalue weighted by Crippen LogP contribution is -1.87. The van der Waals surface area contributed by atoms with Gasteiger partial charge in [-0.3, -0.25) is 0 Å². The number of hydrogen-bond donors (Lipinski definition) is 0. The van der Waals surface area contributed by atoms with Crippen molar-refractivity contribution in [3.63, 3.8) is 0 Å². The van der Waals surface area contributed by atoms with E-state index in [4.69, 9.17) is 0 Å². The molecule has 9 heavy (non-hydrogen) atoms. The lowest BCUT2D eigenvalue weighted by molar-refractivity contribution is 0.496. The largest absolute Gasteiger partial charge is 0.245 e. The Labute approximate surface area is 58.8 Å². The Morgan fingerprint density at radius 3 is 2.67 bits per heavy atom. The van der Waals surface area contributed by atoms with Gasteiger partial charge in [-0.15, -0.1) is 0 Å². The topological polar surface area (TPSA) is 12.9 Å². The summed E-state index contributed by atoms with van der Waals surface area (Å²) in [6.45, 7) is 0. The quantitative estimate of drug-likeness (QED) is 0.573. The molecule has 0 aromatic carbocycles. The van der Waals surface area contributed by atoms with E-state index in [2.05, 4.69) is 20.9 Å². The molecular formula is C5HBrF2N. The minimum atomic E-state index is -1.02. The van der Waals surface area contributed by atoms with Crippen LogP contribution in [0, 0.1) is 17.7 Å². The Morgan fingerprint density at radius 1 is 1.56 bits per heavy atom. The van der Waals surface area contributed by atoms with E-state index in [1.54, 1.807) is 0 Å². The molecule has 0 amide bonds. The van der Waals surface area contributed by atoms with Crippen molar-refractivity contribution < 1.29 is 8.78 Å². The first kappa shape index (κ1) is 6.61. The highest BCUT2D eigenvalue weighted by Gasteiger charge is 2.04. The van der Waals surface area contributed by atoms with Gasteiger partial charge in [0.05, 0.1) is 0 Å². The minimum Gasteiger partial charge on any atom is -0.245 e. The van der Waals surface area contributed by atoms with E-state index < -0.39 is 11.6 Å². The predicted octanol–water partition coefficient (Wildman–Crippen LogP) is 1.92. The zero-order valence-electron chi connectivity index (χ0n) is 4.16. The summed E-state index contributed by atoms with van der Waals surface area (Å²) in [6.07, 6.45) is 1.06. The second-order valence-electron chi connectivity index (χ2n) is 1.32. The van der Waals surface area contributed by atoms with Gasteiger partial charge < -0.3 is 0 Å². The van der Waals surface area contributed by atoms with E-state index in [1.807, 2.05) is 6.07 Å². The molecule has 0 aliphatic rings. The Balaban J connectivity index is 3.25. The first-order chi connectivity index (χ1) is 4.22. The molecule has 0 atom stereocenters. The van der Waals surface area contributed by atoms with Crippen molar-refractivity contribution in [2.24, 2.45) is 0 Å². The third-order valence-electron chi connectivity index (χ3n) is 0.743. The third kappa shape index (κ3) is 1.24. The van der Waals surface area contributed by atoms with Gasteiger partial charge in [0.2, 0.25) is 0 Å². The normalized spacial score (nSPS) is 9.67. The van der Waals surface area contributed by atoms with Gasteiger partial charge in [-0.2, -0.15) is 0 Å². The zero-order chi connectivity index (χ0) is 6.85. The van der Waals surface area contributed by atoms with Gasteiger partial charge in [-0.1, -0.05) is 0 Å². The molecule has 47 valence electrons. The van der Waals surface area contributed by atoms with Crippen molar-refractivity contribution in [3.05, 3.63) is 28.5 Å². The summed E-state index contributed by atoms with van der Waals surface area (Å²) in [5.41, 5.74) is 0. The first-order valence-electron chi connectivity index (χ1n) is 2.09. The second kappa shape index (κ2) is 2.39. The number of pyridine rings is 1. The summed E-state index contributed by atoms with van der Waals surface area (Å²) in [4.78, 5) is 3.39. The lowest BCUT2D eigenvalue weighted by atomic mass is 10.5. The van der Waals surface area contributed by atoms with Crippen molar-refractivity contribution in [3.8, 4) is 0 Å². The number of aromatic nitrogens is 1. The Bertz CT molecular complexity index is 206. The van der Waals surface area contributed by atoms with E-state index in [1.165, 1.54) is 0 Å². The van der Waals surface area contributed by atoms with Crippen LogP contribution < -0.4 is 0 Å². The van der Waals surface area contributed by atoms with Gasteiger partial charge in [0.25, 0.3) is 0 Å². The van der Waals surface area contributed by atoms with E-state index in [9.17, 15) is 8.78 Å². The van der Waals surface area contributed by atoms with Crippen LogP contribution in [0.1, 0.15) is 0 Å². The Hall–Kier alpha value is -0.510. The van der Waals surface area contributed by atoms with Crippen LogP contribution in [0.2, 0.25) is 0 Å². The van der Waals surface area contributed by atoms with Crippen LogP contribution >= 0.6 is 15.9 Å². The highest BCUT2D eigenvalue weighted by molar-refractivity contribution is 9.10. The maximum absolute atomic E-state index is 12.2. The van der Waals surface area contributed by atoms with Gasteiger partial charge in [0.1, 0.15) is 4.60 Å². The average molecular weight is 193 g/mol. The maximum atomic E-state index is 12.2. The predicted molar refractivity (Wildman–Crippen MR) is 30.7 cm³/mol. The summed E-state index contributed by atoms with van der Waals surface area (Å²) in [7, 11) is 0. The molecule has 0 spiro atoms. The fraction of sp³-hybridized carbons (Fsp3) is 0. The number of nitrogens with zero attached hydrogens (tertiary/aromatic N) is 1. The van der Waals surface area contributed by atoms with E-state index in [-0.39, 0.29) is 4.60 Å². The molecule has 4 heteroatoms. The van der Waals surface area contributed by atoms with Crippen LogP contribution in [0.15, 0.2) is 10.8 Å². The summed E-state index contributed by atoms with van der Waals surface area (Å²) >= 11 is 2.70. The number of halogens is 3. The van der Waals surface area contributed by atoms with Gasteiger partial charge in [0, 0.05) is 12.3 Å². The number of rotatable bonds is 0. The molecule has 1 heterocycles. The van der Waals surface area contributed by atoms with Gasteiger partial charge in [-0.25, -0.2) is 13.8 Å². The molecule has 1 rings (SSSR count). The van der Waals surface area contributed by atoms with Gasteiger partial charge in [0.15, 0.2) is 11.6 Å². The maximum Gasteiger partial charge on any atom is 0.192 e. The van der Waals surface area contributed by atoms with Crippen molar-refractivity contribution in [2.45, 2.75) is 0 Å². The number of hydrogen-bond acceptors (Lipinski definition) is 1. The van der Waals surface area contributed by atoms with Crippen LogP contribution in [0.5, 0.6) is 0 Å². The van der Waals surface area contributed by atoms with Gasteiger partial charge >= 0.3 is 0 Å². The molecule has 0 saturated heterocycles. The van der Waals surface area contributed by atoms with E-state index in [0.29, 0.717) is 0 Å². The molecule has 1 aromatic heterocycles. The highest BCUT2D eigenvalue weighted by atomic mass is 79.9. The van der Waals surface area contributed by atoms with Crippen LogP contribution in [0.3, 0.4) is 0 Å². The van der Waals surface area contributed by atoms with Crippen LogP contribution in [-0.2, 0) is 0 Å². The minimum absolute atomic E-state index is 0.126.